The Bertz CT molecular complexity index is 1090. The molecule has 0 unspecified atom stereocenters. The molecule has 0 fully saturated rings. The van der Waals surface area contributed by atoms with Gasteiger partial charge in [-0.15, -0.1) is 0 Å². The second-order valence-corrected chi connectivity index (χ2v) is 7.53. The van der Waals surface area contributed by atoms with Gasteiger partial charge in [0.25, 0.3) is 0 Å². The van der Waals surface area contributed by atoms with Crippen molar-refractivity contribution in [3.63, 3.8) is 0 Å². The lowest BCUT2D eigenvalue weighted by molar-refractivity contribution is -0.114. The van der Waals surface area contributed by atoms with Gasteiger partial charge in [-0.1, -0.05) is 54.7 Å². The third-order valence-corrected chi connectivity index (χ3v) is 5.07. The molecule has 3 aromatic carbocycles. The summed E-state index contributed by atoms with van der Waals surface area (Å²) in [6, 6.07) is 19.0. The van der Waals surface area contributed by atoms with Crippen molar-refractivity contribution >= 4 is 53.4 Å². The van der Waals surface area contributed by atoms with Gasteiger partial charge in [0.05, 0.1) is 23.5 Å². The molecule has 0 aliphatic carbocycles. The molecule has 0 saturated carbocycles. The Morgan fingerprint density at radius 3 is 2.31 bits per heavy atom. The largest absolute Gasteiger partial charge is 0.494 e. The summed E-state index contributed by atoms with van der Waals surface area (Å²) in [5, 5.41) is 5.71. The first-order chi connectivity index (χ1) is 15.4. The normalized spacial score (nSPS) is 10.2. The highest BCUT2D eigenvalue weighted by molar-refractivity contribution is 7.82. The number of rotatable bonds is 7. The zero-order valence-electron chi connectivity index (χ0n) is 17.5. The van der Waals surface area contributed by atoms with E-state index in [9.17, 15) is 9.59 Å². The van der Waals surface area contributed by atoms with Gasteiger partial charge in [-0.25, -0.2) is 9.10 Å². The van der Waals surface area contributed by atoms with E-state index < -0.39 is 6.03 Å². The Kier molecular flexibility index (Phi) is 7.86. The molecule has 0 spiro atoms. The van der Waals surface area contributed by atoms with Gasteiger partial charge < -0.3 is 20.1 Å². The lowest BCUT2D eigenvalue weighted by Crippen LogP contribution is -2.27. The van der Waals surface area contributed by atoms with Gasteiger partial charge in [0.1, 0.15) is 18.1 Å². The maximum Gasteiger partial charge on any atom is 0.336 e. The van der Waals surface area contributed by atoms with Crippen LogP contribution in [-0.4, -0.2) is 19.0 Å². The van der Waals surface area contributed by atoms with Crippen LogP contribution in [0.4, 0.5) is 21.9 Å². The van der Waals surface area contributed by atoms with Crippen molar-refractivity contribution in [3.8, 4) is 11.5 Å². The summed E-state index contributed by atoms with van der Waals surface area (Å²) in [6.07, 6.45) is 0. The molecule has 0 aliphatic rings. The van der Waals surface area contributed by atoms with Gasteiger partial charge in [0, 0.05) is 18.7 Å². The molecule has 32 heavy (non-hydrogen) atoms. The summed E-state index contributed by atoms with van der Waals surface area (Å²) in [4.78, 5) is 23.8. The Hall–Kier alpha value is -3.36. The van der Waals surface area contributed by atoms with Crippen LogP contribution in [0.2, 0.25) is 5.02 Å². The Morgan fingerprint density at radius 1 is 1.00 bits per heavy atom. The van der Waals surface area contributed by atoms with Crippen LogP contribution in [0.1, 0.15) is 12.5 Å². The monoisotopic (exact) mass is 471 g/mol. The third-order valence-electron chi connectivity index (χ3n) is 4.36. The second-order valence-electron chi connectivity index (χ2n) is 6.73. The first-order valence-electron chi connectivity index (χ1n) is 9.59. The maximum absolute atomic E-state index is 12.7. The highest BCUT2D eigenvalue weighted by Gasteiger charge is 2.17. The molecule has 0 bridgehead atoms. The minimum atomic E-state index is -0.520. The van der Waals surface area contributed by atoms with E-state index in [4.69, 9.17) is 21.1 Å². The molecular weight excluding hydrogens is 450 g/mol. The fourth-order valence-electron chi connectivity index (χ4n) is 2.82. The van der Waals surface area contributed by atoms with E-state index in [0.29, 0.717) is 40.2 Å². The molecule has 0 saturated heterocycles. The number of hydrogen-bond donors (Lipinski definition) is 3. The van der Waals surface area contributed by atoms with Crippen molar-refractivity contribution in [2.24, 2.45) is 0 Å². The molecule has 0 heterocycles. The number of nitrogens with one attached hydrogen (secondary N) is 2. The van der Waals surface area contributed by atoms with E-state index in [1.807, 2.05) is 30.3 Å². The van der Waals surface area contributed by atoms with E-state index in [1.54, 1.807) is 36.4 Å². The average Bonchev–Trinajstić information content (AvgIpc) is 2.79. The first kappa shape index (κ1) is 23.3. The van der Waals surface area contributed by atoms with E-state index in [1.165, 1.54) is 14.0 Å². The third kappa shape index (κ3) is 6.09. The number of urea groups is 1. The number of carbonyl (C=O) groups is 2. The van der Waals surface area contributed by atoms with Crippen LogP contribution < -0.4 is 24.4 Å². The summed E-state index contributed by atoms with van der Waals surface area (Å²) >= 11 is 10.6. The number of carbonyl (C=O) groups excluding carboxylic acids is 2. The van der Waals surface area contributed by atoms with Crippen molar-refractivity contribution in [2.75, 3.05) is 22.0 Å². The zero-order valence-corrected chi connectivity index (χ0v) is 19.1. The molecule has 0 aliphatic heterocycles. The lowest BCUT2D eigenvalue weighted by atomic mass is 10.2. The van der Waals surface area contributed by atoms with E-state index in [2.05, 4.69) is 23.4 Å². The summed E-state index contributed by atoms with van der Waals surface area (Å²) in [7, 11) is 1.49. The van der Waals surface area contributed by atoms with Crippen LogP contribution >= 0.6 is 24.4 Å². The Morgan fingerprint density at radius 2 is 1.69 bits per heavy atom. The molecule has 0 radical (unpaired) electrons. The predicted octanol–water partition coefficient (Wildman–Crippen LogP) is 5.77. The number of nitrogens with zero attached hydrogens (tertiary/aromatic N) is 1. The molecule has 7 nitrogen and oxygen atoms in total. The molecule has 3 rings (SSSR count). The SMILES string of the molecule is COc1cc(OCc2ccccc2)c(Cl)cc1NC(=O)N(S)c1ccc(NC(C)=O)cc1. The average molecular weight is 472 g/mol. The van der Waals surface area contributed by atoms with Gasteiger partial charge >= 0.3 is 6.03 Å². The van der Waals surface area contributed by atoms with Crippen LogP contribution in [0.5, 0.6) is 11.5 Å². The van der Waals surface area contributed by atoms with Crippen molar-refractivity contribution in [3.05, 3.63) is 77.3 Å². The highest BCUT2D eigenvalue weighted by Crippen LogP contribution is 2.37. The number of thiol groups is 1. The molecule has 0 aromatic heterocycles. The molecule has 2 N–H and O–H groups in total. The molecular formula is C23H22ClN3O4S. The summed E-state index contributed by atoms with van der Waals surface area (Å²) in [5.74, 6) is 0.633. The molecule has 0 atom stereocenters. The fraction of sp³-hybridized carbons (Fsp3) is 0.130. The van der Waals surface area contributed by atoms with E-state index in [0.717, 1.165) is 9.87 Å². The number of anilines is 3. The lowest BCUT2D eigenvalue weighted by Gasteiger charge is -2.19. The number of hydrogen-bond acceptors (Lipinski definition) is 5. The molecule has 3 aromatic rings. The van der Waals surface area contributed by atoms with Crippen molar-refractivity contribution in [2.45, 2.75) is 13.5 Å². The molecule has 9 heteroatoms. The van der Waals surface area contributed by atoms with Crippen LogP contribution in [0.15, 0.2) is 66.7 Å². The number of methoxy groups -OCH3 is 1. The van der Waals surface area contributed by atoms with Gasteiger partial charge in [0.15, 0.2) is 0 Å². The highest BCUT2D eigenvalue weighted by atomic mass is 35.5. The summed E-state index contributed by atoms with van der Waals surface area (Å²) in [5.41, 5.74) is 2.48. The predicted molar refractivity (Wildman–Crippen MR) is 130 cm³/mol. The van der Waals surface area contributed by atoms with E-state index in [-0.39, 0.29) is 5.91 Å². The Labute approximate surface area is 196 Å². The van der Waals surface area contributed by atoms with Gasteiger partial charge in [-0.2, -0.15) is 0 Å². The number of halogens is 1. The Balaban J connectivity index is 1.70. The smallest absolute Gasteiger partial charge is 0.336 e. The van der Waals surface area contributed by atoms with Crippen molar-refractivity contribution in [1.29, 1.82) is 0 Å². The van der Waals surface area contributed by atoms with E-state index >= 15 is 0 Å². The van der Waals surface area contributed by atoms with Crippen molar-refractivity contribution < 1.29 is 19.1 Å². The summed E-state index contributed by atoms with van der Waals surface area (Å²) < 4.78 is 12.3. The maximum atomic E-state index is 12.7. The second kappa shape index (κ2) is 10.8. The summed E-state index contributed by atoms with van der Waals surface area (Å²) in [6.45, 7) is 1.76. The van der Waals surface area contributed by atoms with Crippen LogP contribution in [0, 0.1) is 0 Å². The minimum absolute atomic E-state index is 0.182. The van der Waals surface area contributed by atoms with Crippen LogP contribution in [0.25, 0.3) is 0 Å². The van der Waals surface area contributed by atoms with Crippen LogP contribution in [0.3, 0.4) is 0 Å². The molecule has 166 valence electrons. The number of amides is 3. The number of benzene rings is 3. The minimum Gasteiger partial charge on any atom is -0.494 e. The van der Waals surface area contributed by atoms with Crippen LogP contribution in [-0.2, 0) is 11.4 Å². The topological polar surface area (TPSA) is 79.9 Å². The standard InChI is InChI=1S/C23H22ClN3O4S/c1-15(28)25-17-8-10-18(11-9-17)27(32)23(29)26-20-12-19(24)21(13-22(20)30-2)31-14-16-6-4-3-5-7-16/h3-13,32H,14H2,1-2H3,(H,25,28)(H,26,29). The molecule has 3 amide bonds. The van der Waals surface area contributed by atoms with Gasteiger partial charge in [0.2, 0.25) is 5.91 Å². The number of ether oxygens (including phenoxy) is 2. The van der Waals surface area contributed by atoms with Gasteiger partial charge in [-0.3, -0.25) is 4.79 Å². The first-order valence-corrected chi connectivity index (χ1v) is 10.4. The fourth-order valence-corrected chi connectivity index (χ4v) is 3.22. The quantitative estimate of drug-likeness (QED) is 0.382. The van der Waals surface area contributed by atoms with Crippen molar-refractivity contribution in [1.82, 2.24) is 0 Å². The zero-order chi connectivity index (χ0) is 23.1. The van der Waals surface area contributed by atoms with Gasteiger partial charge in [-0.05, 0) is 35.9 Å².